The van der Waals surface area contributed by atoms with Gasteiger partial charge < -0.3 is 14.6 Å². The molecule has 3 aliphatic heterocycles. The van der Waals surface area contributed by atoms with Crippen molar-refractivity contribution >= 4 is 29.2 Å². The molecule has 1 N–H and O–H groups in total. The maximum atomic E-state index is 5.48. The number of nitrogens with one attached hydrogen (secondary N) is 1. The van der Waals surface area contributed by atoms with Gasteiger partial charge in [0.1, 0.15) is 5.75 Å². The molecule has 3 fully saturated rings. The van der Waals surface area contributed by atoms with Crippen LogP contribution in [0, 0.1) is 5.92 Å². The quantitative estimate of drug-likeness (QED) is 0.928. The van der Waals surface area contributed by atoms with Gasteiger partial charge in [0.15, 0.2) is 11.4 Å². The maximum absolute atomic E-state index is 5.48. The Morgan fingerprint density at radius 1 is 1.30 bits per heavy atom. The van der Waals surface area contributed by atoms with E-state index in [0.717, 1.165) is 22.5 Å². The highest BCUT2D eigenvalue weighted by Gasteiger charge is 2.47. The van der Waals surface area contributed by atoms with Crippen LogP contribution in [0.1, 0.15) is 26.7 Å². The second-order valence-electron chi connectivity index (χ2n) is 6.99. The number of hydrogen-bond donors (Lipinski definition) is 1. The number of nitrogens with zero attached hydrogens (tertiary/aromatic N) is 2. The van der Waals surface area contributed by atoms with E-state index in [1.54, 1.807) is 7.11 Å². The maximum Gasteiger partial charge on any atom is 0.177 e. The van der Waals surface area contributed by atoms with Crippen LogP contribution < -0.4 is 10.1 Å². The molecular weight excluding hydrogens is 314 g/mol. The van der Waals surface area contributed by atoms with E-state index in [1.807, 2.05) is 18.2 Å². The summed E-state index contributed by atoms with van der Waals surface area (Å²) in [5.41, 5.74) is 0.916. The predicted molar refractivity (Wildman–Crippen MR) is 93.6 cm³/mol. The molecule has 1 aromatic heterocycles. The van der Waals surface area contributed by atoms with E-state index >= 15 is 0 Å². The van der Waals surface area contributed by atoms with Crippen LogP contribution in [0.4, 0.5) is 5.82 Å². The van der Waals surface area contributed by atoms with Crippen LogP contribution in [-0.2, 0) is 0 Å². The SMILES string of the molecule is COc1ccc2c(N[C@@H]3C4CCN(CC4)C3(C)C)noc2c1.Cl. The third-order valence-electron chi connectivity index (χ3n) is 5.56. The average molecular weight is 338 g/mol. The Hall–Kier alpha value is -1.46. The Balaban J connectivity index is 0.00000156. The second kappa shape index (κ2) is 5.87. The Kier molecular flexibility index (Phi) is 4.19. The molecule has 0 saturated carbocycles. The van der Waals surface area contributed by atoms with Crippen LogP contribution in [0.15, 0.2) is 22.7 Å². The van der Waals surface area contributed by atoms with Gasteiger partial charge in [0.05, 0.1) is 12.5 Å². The minimum atomic E-state index is 0. The van der Waals surface area contributed by atoms with Gasteiger partial charge in [-0.2, -0.15) is 0 Å². The van der Waals surface area contributed by atoms with Gasteiger partial charge in [0.25, 0.3) is 0 Å². The van der Waals surface area contributed by atoms with E-state index in [4.69, 9.17) is 9.26 Å². The first-order valence-electron chi connectivity index (χ1n) is 8.04. The summed E-state index contributed by atoms with van der Waals surface area (Å²) in [7, 11) is 1.66. The normalized spacial score (nSPS) is 28.4. The van der Waals surface area contributed by atoms with Crippen molar-refractivity contribution in [2.45, 2.75) is 38.3 Å². The molecule has 6 heteroatoms. The first-order valence-corrected chi connectivity index (χ1v) is 8.04. The number of hydrogen-bond acceptors (Lipinski definition) is 5. The number of aromatic nitrogens is 1. The highest BCUT2D eigenvalue weighted by atomic mass is 35.5. The lowest BCUT2D eigenvalue weighted by Crippen LogP contribution is -2.66. The molecule has 126 valence electrons. The van der Waals surface area contributed by atoms with E-state index < -0.39 is 0 Å². The second-order valence-corrected chi connectivity index (χ2v) is 6.99. The molecule has 3 saturated heterocycles. The molecule has 2 aromatic rings. The highest BCUT2D eigenvalue weighted by Crippen LogP contribution is 2.41. The minimum Gasteiger partial charge on any atom is -0.497 e. The van der Waals surface area contributed by atoms with E-state index in [0.29, 0.717) is 12.0 Å². The molecule has 23 heavy (non-hydrogen) atoms. The molecular formula is C17H24ClN3O2. The lowest BCUT2D eigenvalue weighted by atomic mass is 9.72. The van der Waals surface area contributed by atoms with Crippen molar-refractivity contribution in [2.24, 2.45) is 5.92 Å². The number of piperidine rings is 3. The van der Waals surface area contributed by atoms with Gasteiger partial charge in [-0.3, -0.25) is 4.90 Å². The number of benzene rings is 1. The largest absolute Gasteiger partial charge is 0.497 e. The summed E-state index contributed by atoms with van der Waals surface area (Å²) >= 11 is 0. The molecule has 0 unspecified atom stereocenters. The van der Waals surface area contributed by atoms with Crippen molar-refractivity contribution in [1.29, 1.82) is 0 Å². The zero-order valence-corrected chi connectivity index (χ0v) is 14.7. The molecule has 2 bridgehead atoms. The van der Waals surface area contributed by atoms with Crippen molar-refractivity contribution in [3.8, 4) is 5.75 Å². The first-order chi connectivity index (χ1) is 10.6. The number of methoxy groups -OCH3 is 1. The molecule has 3 aliphatic rings. The average Bonchev–Trinajstić information content (AvgIpc) is 2.93. The van der Waals surface area contributed by atoms with Gasteiger partial charge in [-0.1, -0.05) is 5.16 Å². The summed E-state index contributed by atoms with van der Waals surface area (Å²) in [6.45, 7) is 7.10. The molecule has 1 aromatic carbocycles. The lowest BCUT2D eigenvalue weighted by Gasteiger charge is -2.56. The van der Waals surface area contributed by atoms with Crippen molar-refractivity contribution < 1.29 is 9.26 Å². The molecule has 1 atom stereocenters. The Morgan fingerprint density at radius 3 is 2.70 bits per heavy atom. The van der Waals surface area contributed by atoms with Crippen molar-refractivity contribution in [2.75, 3.05) is 25.5 Å². The van der Waals surface area contributed by atoms with Crippen LogP contribution in [0.5, 0.6) is 5.75 Å². The van der Waals surface area contributed by atoms with Crippen molar-refractivity contribution in [1.82, 2.24) is 10.1 Å². The summed E-state index contributed by atoms with van der Waals surface area (Å²) < 4.78 is 10.7. The fourth-order valence-corrected chi connectivity index (χ4v) is 4.17. The third-order valence-corrected chi connectivity index (χ3v) is 5.56. The first kappa shape index (κ1) is 16.4. The van der Waals surface area contributed by atoms with Gasteiger partial charge in [0, 0.05) is 17.6 Å². The molecule has 0 spiro atoms. The van der Waals surface area contributed by atoms with Crippen LogP contribution in [0.3, 0.4) is 0 Å². The van der Waals surface area contributed by atoms with Crippen molar-refractivity contribution in [3.05, 3.63) is 18.2 Å². The summed E-state index contributed by atoms with van der Waals surface area (Å²) in [6, 6.07) is 6.26. The van der Waals surface area contributed by atoms with Crippen LogP contribution in [0.2, 0.25) is 0 Å². The standard InChI is InChI=1S/C17H23N3O2.ClH/c1-17(2)15(11-6-8-20(17)9-7-11)18-16-13-5-4-12(21-3)10-14(13)22-19-16;/h4-5,10-11,15H,6-9H2,1-3H3,(H,18,19);1H/t15-;/m1./s1. The van der Waals surface area contributed by atoms with Gasteiger partial charge >= 0.3 is 0 Å². The van der Waals surface area contributed by atoms with Crippen LogP contribution >= 0.6 is 12.4 Å². The number of anilines is 1. The third kappa shape index (κ3) is 2.56. The molecule has 0 radical (unpaired) electrons. The summed E-state index contributed by atoms with van der Waals surface area (Å²) in [4.78, 5) is 2.59. The van der Waals surface area contributed by atoms with E-state index in [1.165, 1.54) is 25.9 Å². The summed E-state index contributed by atoms with van der Waals surface area (Å²) in [6.07, 6.45) is 2.54. The lowest BCUT2D eigenvalue weighted by molar-refractivity contribution is -0.0189. The van der Waals surface area contributed by atoms with Gasteiger partial charge in [-0.25, -0.2) is 0 Å². The molecule has 0 amide bonds. The van der Waals surface area contributed by atoms with E-state index in [9.17, 15) is 0 Å². The fourth-order valence-electron chi connectivity index (χ4n) is 4.17. The molecule has 5 nitrogen and oxygen atoms in total. The predicted octanol–water partition coefficient (Wildman–Crippen LogP) is 3.54. The molecule has 4 heterocycles. The highest BCUT2D eigenvalue weighted by molar-refractivity contribution is 5.89. The number of halogens is 1. The Bertz CT molecular complexity index is 692. The van der Waals surface area contributed by atoms with Gasteiger partial charge in [0.2, 0.25) is 0 Å². The number of rotatable bonds is 3. The van der Waals surface area contributed by atoms with E-state index in [2.05, 4.69) is 29.2 Å². The fraction of sp³-hybridized carbons (Fsp3) is 0.588. The monoisotopic (exact) mass is 337 g/mol. The van der Waals surface area contributed by atoms with Gasteiger partial charge in [-0.15, -0.1) is 12.4 Å². The molecule has 0 aliphatic carbocycles. The van der Waals surface area contributed by atoms with Crippen LogP contribution in [-0.4, -0.2) is 41.8 Å². The Morgan fingerprint density at radius 2 is 2.04 bits per heavy atom. The molecule has 5 rings (SSSR count). The topological polar surface area (TPSA) is 50.5 Å². The van der Waals surface area contributed by atoms with Crippen LogP contribution in [0.25, 0.3) is 11.0 Å². The Labute approximate surface area is 142 Å². The number of fused-ring (bicyclic) bond motifs is 4. The van der Waals surface area contributed by atoms with Crippen molar-refractivity contribution in [3.63, 3.8) is 0 Å². The minimum absolute atomic E-state index is 0. The van der Waals surface area contributed by atoms with Gasteiger partial charge in [-0.05, 0) is 57.8 Å². The smallest absolute Gasteiger partial charge is 0.177 e. The zero-order chi connectivity index (χ0) is 15.3. The summed E-state index contributed by atoms with van der Waals surface area (Å²) in [5, 5.41) is 8.95. The summed E-state index contributed by atoms with van der Waals surface area (Å²) in [5.74, 6) is 2.35. The number of ether oxygens (including phenoxy) is 1. The van der Waals surface area contributed by atoms with E-state index in [-0.39, 0.29) is 17.9 Å². The zero-order valence-electron chi connectivity index (χ0n) is 13.8.